The van der Waals surface area contributed by atoms with Gasteiger partial charge in [-0.1, -0.05) is 59.1 Å². The molecule has 3 aromatic carbocycles. The third-order valence-corrected chi connectivity index (χ3v) is 7.35. The van der Waals surface area contributed by atoms with Crippen molar-refractivity contribution in [3.05, 3.63) is 87.7 Å². The number of fused-ring (bicyclic) bond motifs is 1. The van der Waals surface area contributed by atoms with E-state index in [1.807, 2.05) is 63.2 Å². The lowest BCUT2D eigenvalue weighted by Crippen LogP contribution is -2.43. The number of H-pyrrole nitrogens is 1. The third-order valence-electron chi connectivity index (χ3n) is 7.04. The number of carbonyl (C=O) groups excluding carboxylic acids is 1. The van der Waals surface area contributed by atoms with Crippen molar-refractivity contribution in [3.8, 4) is 11.1 Å². The molecule has 1 amide bonds. The maximum Gasteiger partial charge on any atom is 0.417 e. The summed E-state index contributed by atoms with van der Waals surface area (Å²) in [4.78, 5) is 23.4. The van der Waals surface area contributed by atoms with Gasteiger partial charge in [-0.3, -0.25) is 4.79 Å². The van der Waals surface area contributed by atoms with E-state index in [0.29, 0.717) is 29.9 Å². The van der Waals surface area contributed by atoms with Crippen molar-refractivity contribution in [2.24, 2.45) is 0 Å². The van der Waals surface area contributed by atoms with Crippen LogP contribution in [0.15, 0.2) is 54.6 Å². The number of aromatic nitrogens is 2. The van der Waals surface area contributed by atoms with Crippen LogP contribution in [0.2, 0.25) is 5.02 Å². The molecule has 0 radical (unpaired) electrons. The van der Waals surface area contributed by atoms with E-state index in [-0.39, 0.29) is 11.4 Å². The van der Waals surface area contributed by atoms with Crippen LogP contribution in [0, 0.1) is 13.8 Å². The summed E-state index contributed by atoms with van der Waals surface area (Å²) in [5.74, 6) is 0.312. The molecule has 0 aliphatic carbocycles. The summed E-state index contributed by atoms with van der Waals surface area (Å²) in [7, 11) is 0. The van der Waals surface area contributed by atoms with E-state index < -0.39 is 22.3 Å². The van der Waals surface area contributed by atoms with Crippen molar-refractivity contribution in [1.82, 2.24) is 14.9 Å². The van der Waals surface area contributed by atoms with Crippen molar-refractivity contribution in [2.75, 3.05) is 6.54 Å². The molecule has 1 fully saturated rings. The fourth-order valence-electron chi connectivity index (χ4n) is 5.00. The fraction of sp³-hybridized carbons (Fsp3) is 0.286. The van der Waals surface area contributed by atoms with Gasteiger partial charge in [0, 0.05) is 12.1 Å². The molecule has 5 rings (SSSR count). The van der Waals surface area contributed by atoms with Crippen LogP contribution in [-0.4, -0.2) is 27.3 Å². The maximum atomic E-state index is 14.0. The molecule has 186 valence electrons. The first-order valence-electron chi connectivity index (χ1n) is 11.7. The van der Waals surface area contributed by atoms with Crippen LogP contribution >= 0.6 is 11.6 Å². The zero-order valence-corrected chi connectivity index (χ0v) is 20.9. The number of nitrogens with zero attached hydrogens (tertiary/aromatic N) is 2. The average Bonchev–Trinajstić information content (AvgIpc) is 3.42. The van der Waals surface area contributed by atoms with Gasteiger partial charge in [0.05, 0.1) is 27.2 Å². The molecule has 1 aliphatic rings. The van der Waals surface area contributed by atoms with Gasteiger partial charge in [-0.25, -0.2) is 4.98 Å². The second kappa shape index (κ2) is 8.66. The predicted octanol–water partition coefficient (Wildman–Crippen LogP) is 7.67. The monoisotopic (exact) mass is 511 g/mol. The summed E-state index contributed by atoms with van der Waals surface area (Å²) in [6, 6.07) is 16.1. The molecule has 0 spiro atoms. The van der Waals surface area contributed by atoms with Gasteiger partial charge in [-0.05, 0) is 62.9 Å². The lowest BCUT2D eigenvalue weighted by molar-refractivity contribution is -0.137. The van der Waals surface area contributed by atoms with Crippen molar-refractivity contribution in [1.29, 1.82) is 0 Å². The van der Waals surface area contributed by atoms with Crippen LogP contribution in [-0.2, 0) is 11.7 Å². The summed E-state index contributed by atoms with van der Waals surface area (Å²) >= 11 is 5.91. The second-order valence-electron chi connectivity index (χ2n) is 9.68. The number of carbonyl (C=O) groups is 1. The molecule has 1 atom stereocenters. The molecule has 4 nitrogen and oxygen atoms in total. The number of halogens is 4. The number of benzene rings is 3. The molecular formula is C28H25ClF3N3O. The molecule has 1 N–H and O–H groups in total. The average molecular weight is 512 g/mol. The molecule has 8 heteroatoms. The van der Waals surface area contributed by atoms with Crippen molar-refractivity contribution >= 4 is 28.5 Å². The van der Waals surface area contributed by atoms with Gasteiger partial charge in [0.1, 0.15) is 5.82 Å². The van der Waals surface area contributed by atoms with E-state index in [4.69, 9.17) is 11.6 Å². The summed E-state index contributed by atoms with van der Waals surface area (Å²) in [5, 5.41) is -0.403. The number of hydrogen-bond acceptors (Lipinski definition) is 2. The number of amides is 1. The summed E-state index contributed by atoms with van der Waals surface area (Å²) in [6.45, 7) is 6.38. The van der Waals surface area contributed by atoms with Crippen LogP contribution in [0.1, 0.15) is 52.6 Å². The number of rotatable bonds is 3. The highest BCUT2D eigenvalue weighted by Gasteiger charge is 2.44. The Hall–Kier alpha value is -3.32. The topological polar surface area (TPSA) is 49.0 Å². The lowest BCUT2D eigenvalue weighted by Gasteiger charge is -2.34. The minimum atomic E-state index is -4.58. The highest BCUT2D eigenvalue weighted by atomic mass is 35.5. The van der Waals surface area contributed by atoms with Crippen molar-refractivity contribution in [2.45, 2.75) is 45.3 Å². The number of aryl methyl sites for hydroxylation is 2. The Morgan fingerprint density at radius 3 is 2.44 bits per heavy atom. The van der Waals surface area contributed by atoms with Crippen LogP contribution in [0.3, 0.4) is 0 Å². The zero-order chi connectivity index (χ0) is 25.8. The number of hydrogen-bond donors (Lipinski definition) is 1. The molecule has 2 heterocycles. The molecule has 36 heavy (non-hydrogen) atoms. The Labute approximate surface area is 212 Å². The van der Waals surface area contributed by atoms with Crippen LogP contribution in [0.5, 0.6) is 0 Å². The Balaban J connectivity index is 1.57. The number of nitrogens with one attached hydrogen (secondary N) is 1. The fourth-order valence-corrected chi connectivity index (χ4v) is 5.27. The normalized spacial score (nSPS) is 18.2. The Kier molecular flexibility index (Phi) is 5.86. The zero-order valence-electron chi connectivity index (χ0n) is 20.1. The molecule has 0 saturated carbocycles. The van der Waals surface area contributed by atoms with Crippen LogP contribution in [0.4, 0.5) is 13.2 Å². The van der Waals surface area contributed by atoms with E-state index in [1.54, 1.807) is 4.90 Å². The van der Waals surface area contributed by atoms with Gasteiger partial charge >= 0.3 is 6.18 Å². The maximum absolute atomic E-state index is 14.0. The molecule has 0 bridgehead atoms. The second-order valence-corrected chi connectivity index (χ2v) is 10.1. The molecule has 1 aliphatic heterocycles. The number of imidazole rings is 1. The summed E-state index contributed by atoms with van der Waals surface area (Å²) < 4.78 is 40.1. The Morgan fingerprint density at radius 1 is 1.06 bits per heavy atom. The molecule has 1 unspecified atom stereocenters. The van der Waals surface area contributed by atoms with Gasteiger partial charge < -0.3 is 9.88 Å². The van der Waals surface area contributed by atoms with Gasteiger partial charge in [0.2, 0.25) is 0 Å². The first-order chi connectivity index (χ1) is 17.0. The van der Waals surface area contributed by atoms with Crippen molar-refractivity contribution < 1.29 is 18.0 Å². The lowest BCUT2D eigenvalue weighted by atomic mass is 9.93. The highest BCUT2D eigenvalue weighted by Crippen LogP contribution is 2.42. The number of likely N-dealkylation sites (tertiary alicyclic amines) is 1. The van der Waals surface area contributed by atoms with Gasteiger partial charge in [0.15, 0.2) is 0 Å². The number of alkyl halides is 3. The van der Waals surface area contributed by atoms with Crippen molar-refractivity contribution in [3.63, 3.8) is 0 Å². The third kappa shape index (κ3) is 4.15. The smallest absolute Gasteiger partial charge is 0.340 e. The van der Waals surface area contributed by atoms with Crippen LogP contribution < -0.4 is 0 Å². The Morgan fingerprint density at radius 2 is 1.75 bits per heavy atom. The summed E-state index contributed by atoms with van der Waals surface area (Å²) in [6.07, 6.45) is -3.20. The first-order valence-corrected chi connectivity index (χ1v) is 12.1. The Bertz CT molecular complexity index is 1480. The summed E-state index contributed by atoms with van der Waals surface area (Å²) in [5.41, 5.74) is 3.31. The van der Waals surface area contributed by atoms with E-state index in [1.165, 1.54) is 6.07 Å². The molecule has 1 saturated heterocycles. The quantitative estimate of drug-likeness (QED) is 0.307. The number of aromatic amines is 1. The van der Waals surface area contributed by atoms with Gasteiger partial charge in [0.25, 0.3) is 5.91 Å². The van der Waals surface area contributed by atoms with Gasteiger partial charge in [-0.15, -0.1) is 0 Å². The SMILES string of the molecule is Cc1ccc(-c2ccc(C)cc2C(=O)N2CCCC2(C)c2nc3cc(Cl)c(C(F)(F)F)cc3[nH]2)cc1. The van der Waals surface area contributed by atoms with E-state index in [2.05, 4.69) is 9.97 Å². The molecule has 1 aromatic heterocycles. The largest absolute Gasteiger partial charge is 0.417 e. The minimum Gasteiger partial charge on any atom is -0.340 e. The standard InChI is InChI=1S/C28H25ClF3N3O/c1-16-5-8-18(9-6-16)19-10-7-17(2)13-20(19)25(36)35-12-4-11-27(35,3)26-33-23-14-21(28(30,31)32)22(29)15-24(23)34-26/h5-10,13-15H,4,11-12H2,1-3H3,(H,33,34). The van der Waals surface area contributed by atoms with E-state index >= 15 is 0 Å². The predicted molar refractivity (Wildman–Crippen MR) is 135 cm³/mol. The first kappa shape index (κ1) is 24.4. The molecular weight excluding hydrogens is 487 g/mol. The highest BCUT2D eigenvalue weighted by molar-refractivity contribution is 6.32. The van der Waals surface area contributed by atoms with Crippen LogP contribution in [0.25, 0.3) is 22.2 Å². The van der Waals surface area contributed by atoms with E-state index in [0.717, 1.165) is 34.7 Å². The van der Waals surface area contributed by atoms with E-state index in [9.17, 15) is 18.0 Å². The van der Waals surface area contributed by atoms with Gasteiger partial charge in [-0.2, -0.15) is 13.2 Å². The minimum absolute atomic E-state index is 0.135. The molecule has 4 aromatic rings.